The average molecular weight is 328 g/mol. The minimum Gasteiger partial charge on any atom is -0.458 e. The lowest BCUT2D eigenvalue weighted by atomic mass is 9.98. The van der Waals surface area contributed by atoms with Crippen LogP contribution < -0.4 is 5.32 Å². The number of para-hydroxylation sites is 1. The van der Waals surface area contributed by atoms with Crippen molar-refractivity contribution in [1.29, 1.82) is 0 Å². The molecule has 1 aliphatic heterocycles. The van der Waals surface area contributed by atoms with Gasteiger partial charge in [0.05, 0.1) is 22.6 Å². The summed E-state index contributed by atoms with van der Waals surface area (Å²) in [6, 6.07) is 7.64. The van der Waals surface area contributed by atoms with Crippen LogP contribution in [-0.2, 0) is 9.84 Å². The van der Waals surface area contributed by atoms with Gasteiger partial charge in [-0.3, -0.25) is 0 Å². The molecule has 0 saturated carbocycles. The number of furan rings is 1. The molecule has 1 aliphatic rings. The van der Waals surface area contributed by atoms with Gasteiger partial charge in [0.2, 0.25) is 0 Å². The second-order valence-corrected chi connectivity index (χ2v) is 8.29. The van der Waals surface area contributed by atoms with Gasteiger partial charge in [0.1, 0.15) is 5.76 Å². The summed E-state index contributed by atoms with van der Waals surface area (Å²) in [6.07, 6.45) is 1.49. The number of fused-ring (bicyclic) bond motifs is 1. The summed E-state index contributed by atoms with van der Waals surface area (Å²) in [7, 11) is -0.978. The zero-order chi connectivity index (χ0) is 15.0. The SMILES string of the molecule is CNC(CC1CCS(=O)(=O)C1)c1cc2cccc(Cl)c2o1. The van der Waals surface area contributed by atoms with Crippen molar-refractivity contribution in [3.63, 3.8) is 0 Å². The Morgan fingerprint density at radius 1 is 1.48 bits per heavy atom. The second-order valence-electron chi connectivity index (χ2n) is 5.65. The first kappa shape index (κ1) is 14.9. The third-order valence-electron chi connectivity index (χ3n) is 4.10. The number of halogens is 1. The summed E-state index contributed by atoms with van der Waals surface area (Å²) < 4.78 is 29.0. The maximum absolute atomic E-state index is 11.6. The minimum atomic E-state index is -2.84. The molecule has 1 fully saturated rings. The van der Waals surface area contributed by atoms with Crippen LogP contribution in [0.15, 0.2) is 28.7 Å². The Kier molecular flexibility index (Phi) is 3.99. The molecule has 1 aromatic carbocycles. The van der Waals surface area contributed by atoms with Gasteiger partial charge in [0.25, 0.3) is 0 Å². The largest absolute Gasteiger partial charge is 0.458 e. The number of benzene rings is 1. The quantitative estimate of drug-likeness (QED) is 0.937. The monoisotopic (exact) mass is 327 g/mol. The van der Waals surface area contributed by atoms with Gasteiger partial charge in [0.15, 0.2) is 15.4 Å². The van der Waals surface area contributed by atoms with E-state index in [9.17, 15) is 8.42 Å². The fourth-order valence-corrected chi connectivity index (χ4v) is 5.09. The molecule has 0 bridgehead atoms. The highest BCUT2D eigenvalue weighted by Gasteiger charge is 2.30. The molecular formula is C15H18ClNO3S. The summed E-state index contributed by atoms with van der Waals surface area (Å²) in [5.41, 5.74) is 0.688. The van der Waals surface area contributed by atoms with Crippen LogP contribution in [0.5, 0.6) is 0 Å². The highest BCUT2D eigenvalue weighted by atomic mass is 35.5. The molecule has 21 heavy (non-hydrogen) atoms. The van der Waals surface area contributed by atoms with E-state index in [0.29, 0.717) is 16.4 Å². The van der Waals surface area contributed by atoms with Gasteiger partial charge < -0.3 is 9.73 Å². The van der Waals surface area contributed by atoms with E-state index < -0.39 is 9.84 Å². The number of nitrogens with one attached hydrogen (secondary N) is 1. The Morgan fingerprint density at radius 3 is 2.90 bits per heavy atom. The highest BCUT2D eigenvalue weighted by Crippen LogP contribution is 2.33. The average Bonchev–Trinajstić information content (AvgIpc) is 3.00. The molecule has 0 amide bonds. The lowest BCUT2D eigenvalue weighted by molar-refractivity contribution is 0.380. The van der Waals surface area contributed by atoms with Gasteiger partial charge >= 0.3 is 0 Å². The first-order valence-electron chi connectivity index (χ1n) is 7.04. The van der Waals surface area contributed by atoms with Crippen LogP contribution in [0.4, 0.5) is 0 Å². The van der Waals surface area contributed by atoms with Gasteiger partial charge in [-0.2, -0.15) is 0 Å². The van der Waals surface area contributed by atoms with Crippen molar-refractivity contribution >= 4 is 32.4 Å². The highest BCUT2D eigenvalue weighted by molar-refractivity contribution is 7.91. The maximum Gasteiger partial charge on any atom is 0.152 e. The van der Waals surface area contributed by atoms with Crippen LogP contribution in [0.2, 0.25) is 5.02 Å². The molecule has 0 aliphatic carbocycles. The van der Waals surface area contributed by atoms with Gasteiger partial charge in [-0.15, -0.1) is 0 Å². The van der Waals surface area contributed by atoms with Crippen molar-refractivity contribution in [3.8, 4) is 0 Å². The molecule has 2 heterocycles. The molecule has 2 atom stereocenters. The van der Waals surface area contributed by atoms with Gasteiger partial charge in [-0.1, -0.05) is 23.7 Å². The van der Waals surface area contributed by atoms with E-state index in [4.69, 9.17) is 16.0 Å². The molecule has 2 unspecified atom stereocenters. The fourth-order valence-electron chi connectivity index (χ4n) is 2.99. The zero-order valence-corrected chi connectivity index (χ0v) is 13.4. The van der Waals surface area contributed by atoms with Crippen molar-refractivity contribution in [1.82, 2.24) is 5.32 Å². The first-order chi connectivity index (χ1) is 9.98. The summed E-state index contributed by atoms with van der Waals surface area (Å²) in [5, 5.41) is 4.79. The van der Waals surface area contributed by atoms with Gasteiger partial charge in [-0.05, 0) is 37.9 Å². The Morgan fingerprint density at radius 2 is 2.29 bits per heavy atom. The van der Waals surface area contributed by atoms with Crippen molar-refractivity contribution in [2.24, 2.45) is 5.92 Å². The van der Waals surface area contributed by atoms with Gasteiger partial charge in [-0.25, -0.2) is 8.42 Å². The van der Waals surface area contributed by atoms with Crippen LogP contribution in [0.25, 0.3) is 11.0 Å². The van der Waals surface area contributed by atoms with E-state index in [1.807, 2.05) is 25.2 Å². The van der Waals surface area contributed by atoms with E-state index in [-0.39, 0.29) is 17.7 Å². The van der Waals surface area contributed by atoms with Crippen LogP contribution in [0, 0.1) is 5.92 Å². The van der Waals surface area contributed by atoms with Crippen LogP contribution in [-0.4, -0.2) is 27.0 Å². The molecule has 2 aromatic rings. The third-order valence-corrected chi connectivity index (χ3v) is 6.24. The molecule has 1 saturated heterocycles. The Bertz CT molecular complexity index is 753. The first-order valence-corrected chi connectivity index (χ1v) is 9.24. The van der Waals surface area contributed by atoms with E-state index >= 15 is 0 Å². The molecule has 1 N–H and O–H groups in total. The molecule has 3 rings (SSSR count). The second kappa shape index (κ2) is 5.63. The lowest BCUT2D eigenvalue weighted by Crippen LogP contribution is -2.20. The van der Waals surface area contributed by atoms with Crippen molar-refractivity contribution in [3.05, 3.63) is 35.0 Å². The molecule has 1 aromatic heterocycles. The normalized spacial score (nSPS) is 22.7. The van der Waals surface area contributed by atoms with Gasteiger partial charge in [0, 0.05) is 5.39 Å². The maximum atomic E-state index is 11.6. The van der Waals surface area contributed by atoms with Crippen molar-refractivity contribution < 1.29 is 12.8 Å². The molecule has 0 spiro atoms. The summed E-state index contributed by atoms with van der Waals surface area (Å²) in [6.45, 7) is 0. The van der Waals surface area contributed by atoms with Crippen LogP contribution in [0.3, 0.4) is 0 Å². The standard InChI is InChI=1S/C15H18ClNO3S/c1-17-13(7-10-5-6-21(18,19)9-10)14-8-11-3-2-4-12(16)15(11)20-14/h2-4,8,10,13,17H,5-7,9H2,1H3. The smallest absolute Gasteiger partial charge is 0.152 e. The summed E-state index contributed by atoms with van der Waals surface area (Å²) >= 11 is 6.13. The molecule has 114 valence electrons. The van der Waals surface area contributed by atoms with E-state index in [1.54, 1.807) is 6.07 Å². The number of sulfone groups is 1. The predicted octanol–water partition coefficient (Wildman–Crippen LogP) is 3.17. The van der Waals surface area contributed by atoms with Crippen molar-refractivity contribution in [2.75, 3.05) is 18.6 Å². The Hall–Kier alpha value is -1.04. The van der Waals surface area contributed by atoms with E-state index in [2.05, 4.69) is 5.32 Å². The Balaban J connectivity index is 1.83. The lowest BCUT2D eigenvalue weighted by Gasteiger charge is -2.17. The Labute approximate surface area is 129 Å². The van der Waals surface area contributed by atoms with Crippen LogP contribution in [0.1, 0.15) is 24.6 Å². The summed E-state index contributed by atoms with van der Waals surface area (Å²) in [4.78, 5) is 0. The third kappa shape index (κ3) is 3.10. The molecular weight excluding hydrogens is 310 g/mol. The minimum absolute atomic E-state index is 0.00627. The fraction of sp³-hybridized carbons (Fsp3) is 0.467. The van der Waals surface area contributed by atoms with Crippen LogP contribution >= 0.6 is 11.6 Å². The predicted molar refractivity (Wildman–Crippen MR) is 84.4 cm³/mol. The molecule has 6 heteroatoms. The number of rotatable bonds is 4. The van der Waals surface area contributed by atoms with Crippen molar-refractivity contribution in [2.45, 2.75) is 18.9 Å². The number of hydrogen-bond acceptors (Lipinski definition) is 4. The molecule has 4 nitrogen and oxygen atoms in total. The topological polar surface area (TPSA) is 59.3 Å². The van der Waals surface area contributed by atoms with E-state index in [0.717, 1.165) is 24.0 Å². The number of hydrogen-bond donors (Lipinski definition) is 1. The molecule has 0 radical (unpaired) electrons. The van der Waals surface area contributed by atoms with E-state index in [1.165, 1.54) is 0 Å². The zero-order valence-electron chi connectivity index (χ0n) is 11.8. The summed E-state index contributed by atoms with van der Waals surface area (Å²) in [5.74, 6) is 1.59.